The smallest absolute Gasteiger partial charge is 0.120 e. The van der Waals surface area contributed by atoms with Crippen LogP contribution in [0.25, 0.3) is 5.57 Å². The molecule has 22 heavy (non-hydrogen) atoms. The molecule has 2 nitrogen and oxygen atoms in total. The molecule has 1 aliphatic rings. The fourth-order valence-corrected chi connectivity index (χ4v) is 2.92. The van der Waals surface area contributed by atoms with E-state index >= 15 is 0 Å². The van der Waals surface area contributed by atoms with Crippen LogP contribution < -0.4 is 10.1 Å². The van der Waals surface area contributed by atoms with E-state index < -0.39 is 0 Å². The van der Waals surface area contributed by atoms with E-state index in [2.05, 4.69) is 44.3 Å². The molecule has 3 heteroatoms. The Morgan fingerprint density at radius 3 is 2.55 bits per heavy atom. The minimum absolute atomic E-state index is 0.0111. The van der Waals surface area contributed by atoms with Gasteiger partial charge in [-0.1, -0.05) is 29.8 Å². The fraction of sp³-hybridized carbons (Fsp3) is 0.263. The quantitative estimate of drug-likeness (QED) is 0.804. The molecule has 114 valence electrons. The number of halogens is 1. The van der Waals surface area contributed by atoms with Gasteiger partial charge in [0.2, 0.25) is 0 Å². The monoisotopic (exact) mass is 313 g/mol. The van der Waals surface area contributed by atoms with Crippen molar-refractivity contribution < 1.29 is 4.74 Å². The van der Waals surface area contributed by atoms with Crippen molar-refractivity contribution in [2.75, 3.05) is 5.32 Å². The van der Waals surface area contributed by atoms with Gasteiger partial charge in [-0.2, -0.15) is 0 Å². The van der Waals surface area contributed by atoms with E-state index in [1.54, 1.807) is 0 Å². The third kappa shape index (κ3) is 3.28. The number of hydrogen-bond acceptors (Lipinski definition) is 2. The predicted molar refractivity (Wildman–Crippen MR) is 93.6 cm³/mol. The lowest BCUT2D eigenvalue weighted by atomic mass is 9.91. The van der Waals surface area contributed by atoms with E-state index in [1.165, 1.54) is 11.1 Å². The predicted octanol–water partition coefficient (Wildman–Crippen LogP) is 5.53. The number of ether oxygens (including phenoxy) is 1. The molecule has 2 aromatic carbocycles. The molecule has 0 saturated carbocycles. The summed E-state index contributed by atoms with van der Waals surface area (Å²) in [6.45, 7) is 7.02. The Bertz CT molecular complexity index is 717. The van der Waals surface area contributed by atoms with Crippen molar-refractivity contribution in [1.29, 1.82) is 0 Å². The molecule has 3 rings (SSSR count). The Hall–Kier alpha value is -1.93. The van der Waals surface area contributed by atoms with E-state index in [-0.39, 0.29) is 5.54 Å². The highest BCUT2D eigenvalue weighted by Crippen LogP contribution is 2.35. The summed E-state index contributed by atoms with van der Waals surface area (Å²) in [5.41, 5.74) is 4.73. The Morgan fingerprint density at radius 1 is 1.09 bits per heavy atom. The van der Waals surface area contributed by atoms with Crippen molar-refractivity contribution in [2.45, 2.75) is 32.9 Å². The summed E-state index contributed by atoms with van der Waals surface area (Å²) in [6.07, 6.45) is 2.25. The van der Waals surface area contributed by atoms with Gasteiger partial charge in [0.1, 0.15) is 12.4 Å². The van der Waals surface area contributed by atoms with Gasteiger partial charge in [0.15, 0.2) is 0 Å². The lowest BCUT2D eigenvalue weighted by Crippen LogP contribution is -2.31. The molecule has 0 radical (unpaired) electrons. The van der Waals surface area contributed by atoms with E-state index in [0.29, 0.717) is 6.61 Å². The molecular formula is C19H20ClNO. The average Bonchev–Trinajstić information content (AvgIpc) is 2.46. The summed E-state index contributed by atoms with van der Waals surface area (Å²) in [5.74, 6) is 0.878. The van der Waals surface area contributed by atoms with Gasteiger partial charge in [0.25, 0.3) is 0 Å². The largest absolute Gasteiger partial charge is 0.489 e. The second-order valence-corrected chi connectivity index (χ2v) is 6.73. The van der Waals surface area contributed by atoms with Crippen molar-refractivity contribution in [1.82, 2.24) is 0 Å². The second-order valence-electron chi connectivity index (χ2n) is 6.30. The van der Waals surface area contributed by atoms with Crippen molar-refractivity contribution >= 4 is 22.9 Å². The lowest BCUT2D eigenvalue weighted by Gasteiger charge is -2.31. The fourth-order valence-electron chi connectivity index (χ4n) is 2.80. The zero-order chi connectivity index (χ0) is 15.7. The van der Waals surface area contributed by atoms with Crippen LogP contribution in [-0.4, -0.2) is 5.54 Å². The number of fused-ring (bicyclic) bond motifs is 1. The molecule has 1 aliphatic heterocycles. The number of allylic oxidation sites excluding steroid dienone is 1. The molecular weight excluding hydrogens is 294 g/mol. The van der Waals surface area contributed by atoms with Gasteiger partial charge in [0.05, 0.1) is 5.54 Å². The first-order valence-electron chi connectivity index (χ1n) is 7.42. The van der Waals surface area contributed by atoms with Crippen LogP contribution in [0.1, 0.15) is 31.9 Å². The van der Waals surface area contributed by atoms with Gasteiger partial charge in [-0.3, -0.25) is 0 Å². The highest BCUT2D eigenvalue weighted by Gasteiger charge is 2.22. The van der Waals surface area contributed by atoms with Gasteiger partial charge >= 0.3 is 0 Å². The maximum absolute atomic E-state index is 5.90. The molecule has 0 amide bonds. The maximum Gasteiger partial charge on any atom is 0.120 e. The Morgan fingerprint density at radius 2 is 1.82 bits per heavy atom. The molecule has 0 unspecified atom stereocenters. The SMILES string of the molecule is CC1=CC(C)(C)Nc2ccc(OCc3ccc(Cl)cc3)cc21. The minimum atomic E-state index is -0.0111. The van der Waals surface area contributed by atoms with Crippen molar-refractivity contribution in [3.05, 3.63) is 64.7 Å². The molecule has 1 heterocycles. The van der Waals surface area contributed by atoms with Gasteiger partial charge in [-0.15, -0.1) is 0 Å². The standard InChI is InChI=1S/C19H20ClNO/c1-13-11-19(2,3)21-18-9-8-16(10-17(13)18)22-12-14-4-6-15(20)7-5-14/h4-11,21H,12H2,1-3H3. The second kappa shape index (κ2) is 5.69. The van der Waals surface area contributed by atoms with Crippen molar-refractivity contribution in [3.8, 4) is 5.75 Å². The third-order valence-corrected chi connectivity index (χ3v) is 4.02. The van der Waals surface area contributed by atoms with E-state index in [0.717, 1.165) is 22.0 Å². The lowest BCUT2D eigenvalue weighted by molar-refractivity contribution is 0.306. The van der Waals surface area contributed by atoms with Gasteiger partial charge in [-0.05, 0) is 62.2 Å². The zero-order valence-corrected chi connectivity index (χ0v) is 13.9. The molecule has 0 fully saturated rings. The summed E-state index contributed by atoms with van der Waals surface area (Å²) in [6, 6.07) is 13.9. The highest BCUT2D eigenvalue weighted by molar-refractivity contribution is 6.30. The summed E-state index contributed by atoms with van der Waals surface area (Å²) < 4.78 is 5.90. The van der Waals surface area contributed by atoms with Gasteiger partial charge in [0, 0.05) is 16.3 Å². The first kappa shape index (κ1) is 15.0. The molecule has 2 aromatic rings. The van der Waals surface area contributed by atoms with Crippen molar-refractivity contribution in [3.63, 3.8) is 0 Å². The number of benzene rings is 2. The zero-order valence-electron chi connectivity index (χ0n) is 13.1. The first-order valence-corrected chi connectivity index (χ1v) is 7.80. The Labute approximate surface area is 136 Å². The van der Waals surface area contributed by atoms with Gasteiger partial charge < -0.3 is 10.1 Å². The normalized spacial score (nSPS) is 15.5. The number of hydrogen-bond donors (Lipinski definition) is 1. The molecule has 0 spiro atoms. The number of rotatable bonds is 3. The minimum Gasteiger partial charge on any atom is -0.489 e. The van der Waals surface area contributed by atoms with E-state index in [4.69, 9.17) is 16.3 Å². The molecule has 0 atom stereocenters. The topological polar surface area (TPSA) is 21.3 Å². The van der Waals surface area contributed by atoms with Crippen LogP contribution in [0.5, 0.6) is 5.75 Å². The molecule has 0 bridgehead atoms. The molecule has 0 aliphatic carbocycles. The third-order valence-electron chi connectivity index (χ3n) is 3.77. The van der Waals surface area contributed by atoms with Crippen LogP contribution in [0.2, 0.25) is 5.02 Å². The summed E-state index contributed by atoms with van der Waals surface area (Å²) >= 11 is 5.89. The summed E-state index contributed by atoms with van der Waals surface area (Å²) in [4.78, 5) is 0. The average molecular weight is 314 g/mol. The first-order chi connectivity index (χ1) is 10.4. The van der Waals surface area contributed by atoms with Crippen LogP contribution in [0.15, 0.2) is 48.5 Å². The van der Waals surface area contributed by atoms with Crippen LogP contribution in [0, 0.1) is 0 Å². The highest BCUT2D eigenvalue weighted by atomic mass is 35.5. The van der Waals surface area contributed by atoms with Crippen LogP contribution in [0.4, 0.5) is 5.69 Å². The summed E-state index contributed by atoms with van der Waals surface area (Å²) in [7, 11) is 0. The summed E-state index contributed by atoms with van der Waals surface area (Å²) in [5, 5.41) is 4.27. The molecule has 0 aromatic heterocycles. The maximum atomic E-state index is 5.90. The number of anilines is 1. The van der Waals surface area contributed by atoms with Gasteiger partial charge in [-0.25, -0.2) is 0 Å². The Balaban J connectivity index is 1.77. The van der Waals surface area contributed by atoms with E-state index in [1.807, 2.05) is 30.3 Å². The molecule has 0 saturated heterocycles. The van der Waals surface area contributed by atoms with E-state index in [9.17, 15) is 0 Å². The van der Waals surface area contributed by atoms with Crippen LogP contribution >= 0.6 is 11.6 Å². The molecule has 1 N–H and O–H groups in total. The Kier molecular flexibility index (Phi) is 3.88. The number of nitrogens with one attached hydrogen (secondary N) is 1. The van der Waals surface area contributed by atoms with Crippen LogP contribution in [-0.2, 0) is 6.61 Å². The van der Waals surface area contributed by atoms with Crippen molar-refractivity contribution in [2.24, 2.45) is 0 Å². The van der Waals surface area contributed by atoms with Crippen LogP contribution in [0.3, 0.4) is 0 Å².